The molecule has 1 aromatic heterocycles. The molecule has 0 aliphatic rings. The first-order chi connectivity index (χ1) is 7.45. The maximum absolute atomic E-state index is 11.8. The molecule has 98 valence electrons. The second kappa shape index (κ2) is 6.61. The SMILES string of the molecule is CC(C)c1cc(C(=O)N[C@@H](C)CN)nn1C.Cl. The van der Waals surface area contributed by atoms with Gasteiger partial charge in [-0.2, -0.15) is 5.10 Å². The van der Waals surface area contributed by atoms with E-state index in [0.717, 1.165) is 5.69 Å². The van der Waals surface area contributed by atoms with Crippen molar-refractivity contribution in [3.05, 3.63) is 17.5 Å². The van der Waals surface area contributed by atoms with Crippen LogP contribution < -0.4 is 11.1 Å². The lowest BCUT2D eigenvalue weighted by atomic mass is 10.1. The third kappa shape index (κ3) is 4.02. The monoisotopic (exact) mass is 260 g/mol. The van der Waals surface area contributed by atoms with Gasteiger partial charge in [0.1, 0.15) is 5.69 Å². The number of hydrogen-bond acceptors (Lipinski definition) is 3. The van der Waals surface area contributed by atoms with Crippen LogP contribution in [0.2, 0.25) is 0 Å². The molecule has 0 aromatic carbocycles. The average Bonchev–Trinajstić information content (AvgIpc) is 2.60. The van der Waals surface area contributed by atoms with Crippen LogP contribution in [0.1, 0.15) is 42.9 Å². The van der Waals surface area contributed by atoms with Crippen LogP contribution in [-0.4, -0.2) is 28.3 Å². The van der Waals surface area contributed by atoms with Crippen LogP contribution in [0.3, 0.4) is 0 Å². The number of hydrogen-bond donors (Lipinski definition) is 2. The van der Waals surface area contributed by atoms with Crippen molar-refractivity contribution in [3.8, 4) is 0 Å². The molecule has 0 bridgehead atoms. The van der Waals surface area contributed by atoms with Crippen LogP contribution in [-0.2, 0) is 7.05 Å². The first-order valence-electron chi connectivity index (χ1n) is 5.50. The van der Waals surface area contributed by atoms with Crippen molar-refractivity contribution >= 4 is 18.3 Å². The highest BCUT2D eigenvalue weighted by Gasteiger charge is 2.15. The number of amides is 1. The van der Waals surface area contributed by atoms with Gasteiger partial charge in [0.15, 0.2) is 0 Å². The van der Waals surface area contributed by atoms with Crippen LogP contribution >= 0.6 is 12.4 Å². The second-order valence-corrected chi connectivity index (χ2v) is 4.34. The number of aryl methyl sites for hydroxylation is 1. The Labute approximate surface area is 108 Å². The number of aromatic nitrogens is 2. The lowest BCUT2D eigenvalue weighted by Gasteiger charge is -2.08. The maximum Gasteiger partial charge on any atom is 0.272 e. The minimum atomic E-state index is -0.166. The van der Waals surface area contributed by atoms with Crippen molar-refractivity contribution in [1.82, 2.24) is 15.1 Å². The van der Waals surface area contributed by atoms with Crippen molar-refractivity contribution in [2.75, 3.05) is 6.54 Å². The van der Waals surface area contributed by atoms with E-state index in [2.05, 4.69) is 24.3 Å². The molecule has 1 heterocycles. The third-order valence-corrected chi connectivity index (χ3v) is 2.47. The molecular formula is C11H21ClN4O. The van der Waals surface area contributed by atoms with E-state index in [0.29, 0.717) is 18.2 Å². The number of nitrogens with two attached hydrogens (primary N) is 1. The summed E-state index contributed by atoms with van der Waals surface area (Å²) < 4.78 is 1.74. The van der Waals surface area contributed by atoms with Gasteiger partial charge in [-0.1, -0.05) is 13.8 Å². The van der Waals surface area contributed by atoms with Crippen molar-refractivity contribution in [2.24, 2.45) is 12.8 Å². The summed E-state index contributed by atoms with van der Waals surface area (Å²) in [5.74, 6) is 0.187. The van der Waals surface area contributed by atoms with E-state index in [9.17, 15) is 4.79 Å². The summed E-state index contributed by atoms with van der Waals surface area (Å²) >= 11 is 0. The average molecular weight is 261 g/mol. The molecule has 1 rings (SSSR count). The predicted molar refractivity (Wildman–Crippen MR) is 70.5 cm³/mol. The van der Waals surface area contributed by atoms with Crippen LogP contribution in [0.25, 0.3) is 0 Å². The first-order valence-corrected chi connectivity index (χ1v) is 5.50. The van der Waals surface area contributed by atoms with E-state index in [4.69, 9.17) is 5.73 Å². The molecule has 0 radical (unpaired) electrons. The number of carbonyl (C=O) groups excluding carboxylic acids is 1. The van der Waals surface area contributed by atoms with Gasteiger partial charge in [-0.05, 0) is 18.9 Å². The molecule has 0 spiro atoms. The molecule has 17 heavy (non-hydrogen) atoms. The van der Waals surface area contributed by atoms with Gasteiger partial charge in [0.25, 0.3) is 5.91 Å². The van der Waals surface area contributed by atoms with E-state index in [1.807, 2.05) is 20.0 Å². The summed E-state index contributed by atoms with van der Waals surface area (Å²) in [7, 11) is 1.85. The highest BCUT2D eigenvalue weighted by molar-refractivity contribution is 5.92. The molecule has 6 heteroatoms. The summed E-state index contributed by atoms with van der Waals surface area (Å²) in [5, 5.41) is 6.97. The molecule has 0 aliphatic heterocycles. The number of nitrogens with one attached hydrogen (secondary N) is 1. The largest absolute Gasteiger partial charge is 0.347 e. The minimum Gasteiger partial charge on any atom is -0.347 e. The summed E-state index contributed by atoms with van der Waals surface area (Å²) in [6.07, 6.45) is 0. The summed E-state index contributed by atoms with van der Waals surface area (Å²) in [5.41, 5.74) is 6.94. The highest BCUT2D eigenvalue weighted by Crippen LogP contribution is 2.14. The van der Waals surface area contributed by atoms with E-state index >= 15 is 0 Å². The lowest BCUT2D eigenvalue weighted by Crippen LogP contribution is -2.38. The fraction of sp³-hybridized carbons (Fsp3) is 0.636. The van der Waals surface area contributed by atoms with Crippen molar-refractivity contribution in [3.63, 3.8) is 0 Å². The molecule has 1 atom stereocenters. The van der Waals surface area contributed by atoms with Gasteiger partial charge in [0, 0.05) is 25.3 Å². The highest BCUT2D eigenvalue weighted by atomic mass is 35.5. The Balaban J connectivity index is 0.00000256. The fourth-order valence-corrected chi connectivity index (χ4v) is 1.49. The Kier molecular flexibility index (Phi) is 6.20. The number of rotatable bonds is 4. The maximum atomic E-state index is 11.8. The summed E-state index contributed by atoms with van der Waals surface area (Å²) in [6.45, 7) is 6.43. The van der Waals surface area contributed by atoms with Gasteiger partial charge in [-0.15, -0.1) is 12.4 Å². The Hall–Kier alpha value is -1.07. The number of halogens is 1. The normalized spacial score (nSPS) is 12.1. The molecule has 1 aromatic rings. The zero-order chi connectivity index (χ0) is 12.3. The molecule has 1 amide bonds. The van der Waals surface area contributed by atoms with Gasteiger partial charge < -0.3 is 11.1 Å². The molecule has 3 N–H and O–H groups in total. The predicted octanol–water partition coefficient (Wildman–Crippen LogP) is 1.04. The molecular weight excluding hydrogens is 240 g/mol. The molecule has 0 fully saturated rings. The molecule has 0 aliphatic carbocycles. The van der Waals surface area contributed by atoms with Gasteiger partial charge in [-0.3, -0.25) is 9.48 Å². The topological polar surface area (TPSA) is 72.9 Å². The van der Waals surface area contributed by atoms with E-state index in [1.165, 1.54) is 0 Å². The van der Waals surface area contributed by atoms with E-state index in [-0.39, 0.29) is 24.4 Å². The Bertz CT molecular complexity index is 376. The lowest BCUT2D eigenvalue weighted by molar-refractivity contribution is 0.0935. The van der Waals surface area contributed by atoms with Crippen LogP contribution in [0, 0.1) is 0 Å². The van der Waals surface area contributed by atoms with Crippen molar-refractivity contribution < 1.29 is 4.79 Å². The number of carbonyl (C=O) groups is 1. The number of nitrogens with zero attached hydrogens (tertiary/aromatic N) is 2. The Morgan fingerprint density at radius 2 is 2.12 bits per heavy atom. The van der Waals surface area contributed by atoms with Gasteiger partial charge in [0.2, 0.25) is 0 Å². The van der Waals surface area contributed by atoms with Gasteiger partial charge in [-0.25, -0.2) is 0 Å². The molecule has 5 nitrogen and oxygen atoms in total. The van der Waals surface area contributed by atoms with Crippen molar-refractivity contribution in [1.29, 1.82) is 0 Å². The van der Waals surface area contributed by atoms with E-state index in [1.54, 1.807) is 4.68 Å². The smallest absolute Gasteiger partial charge is 0.272 e. The van der Waals surface area contributed by atoms with Gasteiger partial charge >= 0.3 is 0 Å². The fourth-order valence-electron chi connectivity index (χ4n) is 1.49. The minimum absolute atomic E-state index is 0. The van der Waals surface area contributed by atoms with Crippen LogP contribution in [0.15, 0.2) is 6.07 Å². The molecule has 0 unspecified atom stereocenters. The van der Waals surface area contributed by atoms with E-state index < -0.39 is 0 Å². The quantitative estimate of drug-likeness (QED) is 0.850. The van der Waals surface area contributed by atoms with Gasteiger partial charge in [0.05, 0.1) is 0 Å². The van der Waals surface area contributed by atoms with Crippen LogP contribution in [0.5, 0.6) is 0 Å². The summed E-state index contributed by atoms with van der Waals surface area (Å²) in [4.78, 5) is 11.8. The standard InChI is InChI=1S/C11H20N4O.ClH/c1-7(2)10-5-9(14-15(10)4)11(16)13-8(3)6-12;/h5,7-8H,6,12H2,1-4H3,(H,13,16);1H/t8-;/m0./s1. The molecule has 0 saturated heterocycles. The first kappa shape index (κ1) is 15.9. The zero-order valence-electron chi connectivity index (χ0n) is 10.7. The zero-order valence-corrected chi connectivity index (χ0v) is 11.5. The third-order valence-electron chi connectivity index (χ3n) is 2.47. The van der Waals surface area contributed by atoms with Crippen LogP contribution in [0.4, 0.5) is 0 Å². The molecule has 0 saturated carbocycles. The second-order valence-electron chi connectivity index (χ2n) is 4.34. The summed E-state index contributed by atoms with van der Waals surface area (Å²) in [6, 6.07) is 1.79. The Morgan fingerprint density at radius 3 is 2.53 bits per heavy atom. The van der Waals surface area contributed by atoms with Crippen molar-refractivity contribution in [2.45, 2.75) is 32.7 Å². The Morgan fingerprint density at radius 1 is 1.53 bits per heavy atom.